The van der Waals surface area contributed by atoms with E-state index >= 15 is 0 Å². The van der Waals surface area contributed by atoms with Crippen LogP contribution in [-0.2, 0) is 4.74 Å². The summed E-state index contributed by atoms with van der Waals surface area (Å²) < 4.78 is 7.44. The van der Waals surface area contributed by atoms with Crippen LogP contribution < -0.4 is 4.90 Å². The zero-order valence-electron chi connectivity index (χ0n) is 14.8. The first kappa shape index (κ1) is 15.8. The average molecular weight is 349 g/mol. The highest BCUT2D eigenvalue weighted by atomic mass is 16.5. The van der Waals surface area contributed by atoms with E-state index in [0.717, 1.165) is 43.4 Å². The second-order valence-electron chi connectivity index (χ2n) is 7.31. The zero-order valence-corrected chi connectivity index (χ0v) is 14.8. The van der Waals surface area contributed by atoms with Crippen LogP contribution >= 0.6 is 0 Å². The molecular weight excluding hydrogens is 326 g/mol. The Bertz CT molecular complexity index is 888. The SMILES string of the molecule is c1ccc(-c2cc(N3CCCC(C4CCOC4)C3)nc3ncnn23)cc1. The van der Waals surface area contributed by atoms with Crippen molar-refractivity contribution in [1.29, 1.82) is 0 Å². The summed E-state index contributed by atoms with van der Waals surface area (Å²) in [5, 5.41) is 4.37. The van der Waals surface area contributed by atoms with Crippen molar-refractivity contribution in [2.24, 2.45) is 11.8 Å². The van der Waals surface area contributed by atoms with Gasteiger partial charge in [-0.2, -0.15) is 19.6 Å². The van der Waals surface area contributed by atoms with Gasteiger partial charge >= 0.3 is 0 Å². The summed E-state index contributed by atoms with van der Waals surface area (Å²) in [6.07, 6.45) is 5.28. The van der Waals surface area contributed by atoms with Gasteiger partial charge in [0.1, 0.15) is 12.1 Å². The second kappa shape index (κ2) is 6.68. The third-order valence-electron chi connectivity index (χ3n) is 5.72. The van der Waals surface area contributed by atoms with Gasteiger partial charge in [-0.25, -0.2) is 0 Å². The number of hydrogen-bond acceptors (Lipinski definition) is 5. The summed E-state index contributed by atoms with van der Waals surface area (Å²) in [5.74, 6) is 3.06. The van der Waals surface area contributed by atoms with E-state index in [0.29, 0.717) is 17.6 Å². The second-order valence-corrected chi connectivity index (χ2v) is 7.31. The molecule has 6 nitrogen and oxygen atoms in total. The predicted molar refractivity (Wildman–Crippen MR) is 100 cm³/mol. The quantitative estimate of drug-likeness (QED) is 0.727. The molecule has 0 bridgehead atoms. The van der Waals surface area contributed by atoms with Crippen molar-refractivity contribution in [2.45, 2.75) is 19.3 Å². The third-order valence-corrected chi connectivity index (χ3v) is 5.72. The summed E-state index contributed by atoms with van der Waals surface area (Å²) in [5.41, 5.74) is 2.17. The lowest BCUT2D eigenvalue weighted by atomic mass is 9.85. The molecule has 2 atom stereocenters. The van der Waals surface area contributed by atoms with E-state index in [4.69, 9.17) is 9.72 Å². The van der Waals surface area contributed by atoms with Gasteiger partial charge in [0.2, 0.25) is 0 Å². The van der Waals surface area contributed by atoms with E-state index in [1.807, 2.05) is 10.6 Å². The Balaban J connectivity index is 1.50. The highest BCUT2D eigenvalue weighted by Gasteiger charge is 2.30. The van der Waals surface area contributed by atoms with E-state index in [-0.39, 0.29) is 0 Å². The number of fused-ring (bicyclic) bond motifs is 1. The first-order chi connectivity index (χ1) is 12.9. The number of anilines is 1. The van der Waals surface area contributed by atoms with Crippen molar-refractivity contribution in [1.82, 2.24) is 19.6 Å². The molecule has 26 heavy (non-hydrogen) atoms. The molecule has 3 aromatic rings. The summed E-state index contributed by atoms with van der Waals surface area (Å²) in [4.78, 5) is 11.6. The zero-order chi connectivity index (χ0) is 17.3. The molecule has 2 aromatic heterocycles. The van der Waals surface area contributed by atoms with Gasteiger partial charge in [-0.05, 0) is 31.1 Å². The van der Waals surface area contributed by atoms with Crippen LogP contribution in [0.3, 0.4) is 0 Å². The Hall–Kier alpha value is -2.47. The van der Waals surface area contributed by atoms with Crippen LogP contribution in [0.1, 0.15) is 19.3 Å². The fraction of sp³-hybridized carbons (Fsp3) is 0.450. The maximum absolute atomic E-state index is 5.62. The van der Waals surface area contributed by atoms with Crippen molar-refractivity contribution in [3.63, 3.8) is 0 Å². The third kappa shape index (κ3) is 2.84. The number of piperidine rings is 1. The lowest BCUT2D eigenvalue weighted by Gasteiger charge is -2.36. The first-order valence-electron chi connectivity index (χ1n) is 9.47. The standard InChI is InChI=1S/C20H23N5O/c1-2-5-15(6-3-1)18-11-19(23-20-21-14-22-25(18)20)24-9-4-7-16(12-24)17-8-10-26-13-17/h1-3,5-6,11,14,16-17H,4,7-10,12-13H2. The molecule has 5 rings (SSSR count). The van der Waals surface area contributed by atoms with Crippen molar-refractivity contribution >= 4 is 11.6 Å². The van der Waals surface area contributed by atoms with E-state index in [9.17, 15) is 0 Å². The first-order valence-corrected chi connectivity index (χ1v) is 9.47. The molecule has 2 unspecified atom stereocenters. The van der Waals surface area contributed by atoms with E-state index in [1.165, 1.54) is 19.3 Å². The van der Waals surface area contributed by atoms with Crippen LogP contribution in [0.15, 0.2) is 42.7 Å². The Morgan fingerprint density at radius 3 is 2.85 bits per heavy atom. The van der Waals surface area contributed by atoms with Crippen molar-refractivity contribution in [2.75, 3.05) is 31.2 Å². The largest absolute Gasteiger partial charge is 0.381 e. The smallest absolute Gasteiger partial charge is 0.254 e. The monoisotopic (exact) mass is 349 g/mol. The summed E-state index contributed by atoms with van der Waals surface area (Å²) >= 11 is 0. The minimum absolute atomic E-state index is 0.660. The molecule has 134 valence electrons. The molecule has 0 radical (unpaired) electrons. The molecule has 0 saturated carbocycles. The Morgan fingerprint density at radius 1 is 1.08 bits per heavy atom. The lowest BCUT2D eigenvalue weighted by Crippen LogP contribution is -2.39. The Morgan fingerprint density at radius 2 is 2.00 bits per heavy atom. The number of rotatable bonds is 3. The van der Waals surface area contributed by atoms with Gasteiger partial charge in [0.05, 0.1) is 5.69 Å². The fourth-order valence-electron chi connectivity index (χ4n) is 4.30. The van der Waals surface area contributed by atoms with Gasteiger partial charge in [0.25, 0.3) is 5.78 Å². The topological polar surface area (TPSA) is 55.5 Å². The van der Waals surface area contributed by atoms with Crippen LogP contribution in [-0.4, -0.2) is 45.9 Å². The molecule has 2 aliphatic rings. The molecule has 0 N–H and O–H groups in total. The predicted octanol–water partition coefficient (Wildman–Crippen LogP) is 3.04. The number of aromatic nitrogens is 4. The minimum atomic E-state index is 0.660. The van der Waals surface area contributed by atoms with Crippen LogP contribution in [0.5, 0.6) is 0 Å². The van der Waals surface area contributed by atoms with Gasteiger partial charge in [0, 0.05) is 37.9 Å². The van der Waals surface area contributed by atoms with Crippen molar-refractivity contribution < 1.29 is 4.74 Å². The number of benzene rings is 1. The number of hydrogen-bond donors (Lipinski definition) is 0. The molecular formula is C20H23N5O. The van der Waals surface area contributed by atoms with Gasteiger partial charge in [0.15, 0.2) is 0 Å². The molecule has 2 saturated heterocycles. The molecule has 4 heterocycles. The number of ether oxygens (including phenoxy) is 1. The lowest BCUT2D eigenvalue weighted by molar-refractivity contribution is 0.167. The molecule has 1 aromatic carbocycles. The van der Waals surface area contributed by atoms with Crippen molar-refractivity contribution in [3.05, 3.63) is 42.7 Å². The summed E-state index contributed by atoms with van der Waals surface area (Å²) in [7, 11) is 0. The molecule has 2 fully saturated rings. The number of nitrogens with zero attached hydrogens (tertiary/aromatic N) is 5. The molecule has 0 amide bonds. The van der Waals surface area contributed by atoms with Gasteiger partial charge in [-0.3, -0.25) is 0 Å². The highest BCUT2D eigenvalue weighted by Crippen LogP contribution is 2.32. The summed E-state index contributed by atoms with van der Waals surface area (Å²) in [6, 6.07) is 12.5. The van der Waals surface area contributed by atoms with Crippen LogP contribution in [0.25, 0.3) is 17.0 Å². The van der Waals surface area contributed by atoms with Gasteiger partial charge < -0.3 is 9.64 Å². The maximum atomic E-state index is 5.62. The van der Waals surface area contributed by atoms with Crippen LogP contribution in [0.4, 0.5) is 5.82 Å². The Labute approximate surface area is 152 Å². The maximum Gasteiger partial charge on any atom is 0.254 e. The average Bonchev–Trinajstić information content (AvgIpc) is 3.40. The van der Waals surface area contributed by atoms with E-state index in [1.54, 1.807) is 6.33 Å². The minimum Gasteiger partial charge on any atom is -0.381 e. The van der Waals surface area contributed by atoms with Gasteiger partial charge in [-0.1, -0.05) is 30.3 Å². The molecule has 0 aliphatic carbocycles. The van der Waals surface area contributed by atoms with Crippen LogP contribution in [0, 0.1) is 11.8 Å². The Kier molecular flexibility index (Phi) is 4.05. The van der Waals surface area contributed by atoms with Crippen molar-refractivity contribution in [3.8, 4) is 11.3 Å². The van der Waals surface area contributed by atoms with Crippen LogP contribution in [0.2, 0.25) is 0 Å². The van der Waals surface area contributed by atoms with E-state index < -0.39 is 0 Å². The van der Waals surface area contributed by atoms with E-state index in [2.05, 4.69) is 45.3 Å². The normalized spacial score (nSPS) is 23.6. The molecule has 0 spiro atoms. The fourth-order valence-corrected chi connectivity index (χ4v) is 4.30. The molecule has 2 aliphatic heterocycles. The van der Waals surface area contributed by atoms with Gasteiger partial charge in [-0.15, -0.1) is 0 Å². The highest BCUT2D eigenvalue weighted by molar-refractivity contribution is 5.66. The molecule has 6 heteroatoms. The summed E-state index contributed by atoms with van der Waals surface area (Å²) in [6.45, 7) is 3.95.